The van der Waals surface area contributed by atoms with Gasteiger partial charge in [0, 0.05) is 0 Å². The van der Waals surface area contributed by atoms with E-state index in [0.29, 0.717) is 4.68 Å². The van der Waals surface area contributed by atoms with Crippen LogP contribution in [0.4, 0.5) is 22.0 Å². The number of hydrogen-bond donors (Lipinski definition) is 0. The molecule has 18 heavy (non-hydrogen) atoms. The Morgan fingerprint density at radius 2 is 1.39 bits per heavy atom. The van der Waals surface area contributed by atoms with Crippen LogP contribution in [0.15, 0.2) is 0 Å². The van der Waals surface area contributed by atoms with Gasteiger partial charge in [-0.3, -0.25) is 0 Å². The van der Waals surface area contributed by atoms with Gasteiger partial charge in [-0.15, -0.1) is 16.7 Å². The first-order valence-electron chi connectivity index (χ1n) is 4.34. The number of rotatable bonds is 2. The smallest absolute Gasteiger partial charge is 0.200 e. The first-order chi connectivity index (χ1) is 8.49. The number of alkyl halides is 1. The third kappa shape index (κ3) is 1.70. The summed E-state index contributed by atoms with van der Waals surface area (Å²) < 4.78 is 65.9. The average molecular weight is 285 g/mol. The van der Waals surface area contributed by atoms with Crippen LogP contribution in [-0.2, 0) is 5.88 Å². The minimum Gasteiger partial charge on any atom is -0.201 e. The summed E-state index contributed by atoms with van der Waals surface area (Å²) in [7, 11) is 0. The molecule has 2 aromatic rings. The van der Waals surface area contributed by atoms with Crippen LogP contribution < -0.4 is 0 Å². The van der Waals surface area contributed by atoms with E-state index in [-0.39, 0.29) is 11.7 Å². The standard InChI is InChI=1S/C8H2ClF5N4/c9-1-2-15-16-17-18(2)8-6(13)4(11)3(10)5(12)7(8)14/h1H2. The van der Waals surface area contributed by atoms with Crippen LogP contribution in [0, 0.1) is 29.1 Å². The van der Waals surface area contributed by atoms with Crippen molar-refractivity contribution in [1.82, 2.24) is 20.2 Å². The largest absolute Gasteiger partial charge is 0.201 e. The SMILES string of the molecule is Fc1c(F)c(F)c(-n2nnnc2CCl)c(F)c1F. The van der Waals surface area contributed by atoms with Crippen molar-refractivity contribution < 1.29 is 22.0 Å². The van der Waals surface area contributed by atoms with Crippen LogP contribution in [0.1, 0.15) is 5.82 Å². The highest BCUT2D eigenvalue weighted by atomic mass is 35.5. The molecule has 0 fully saturated rings. The summed E-state index contributed by atoms with van der Waals surface area (Å²) >= 11 is 5.37. The minimum atomic E-state index is -2.26. The fourth-order valence-electron chi connectivity index (χ4n) is 1.24. The van der Waals surface area contributed by atoms with E-state index in [2.05, 4.69) is 15.5 Å². The Morgan fingerprint density at radius 1 is 0.889 bits per heavy atom. The Hall–Kier alpha value is -1.77. The summed E-state index contributed by atoms with van der Waals surface area (Å²) in [6.07, 6.45) is 0. The first-order valence-corrected chi connectivity index (χ1v) is 4.87. The van der Waals surface area contributed by atoms with Crippen LogP contribution in [-0.4, -0.2) is 20.2 Å². The summed E-state index contributed by atoms with van der Waals surface area (Å²) in [6, 6.07) is 0. The number of benzene rings is 1. The summed E-state index contributed by atoms with van der Waals surface area (Å²) in [5, 5.41) is 9.44. The quantitative estimate of drug-likeness (QED) is 0.367. The van der Waals surface area contributed by atoms with Gasteiger partial charge in [0.15, 0.2) is 29.1 Å². The van der Waals surface area contributed by atoms with Gasteiger partial charge in [0.05, 0.1) is 5.88 Å². The van der Waals surface area contributed by atoms with Crippen molar-refractivity contribution in [3.05, 3.63) is 34.9 Å². The maximum Gasteiger partial charge on any atom is 0.200 e. The Kier molecular flexibility index (Phi) is 3.16. The zero-order valence-corrected chi connectivity index (χ0v) is 9.02. The molecule has 0 N–H and O–H groups in total. The number of tetrazole rings is 1. The molecule has 0 atom stereocenters. The van der Waals surface area contributed by atoms with Gasteiger partial charge >= 0.3 is 0 Å². The lowest BCUT2D eigenvalue weighted by molar-refractivity contribution is 0.373. The fraction of sp³-hybridized carbons (Fsp3) is 0.125. The molecule has 0 bridgehead atoms. The second-order valence-corrected chi connectivity index (χ2v) is 3.33. The lowest BCUT2D eigenvalue weighted by Gasteiger charge is -2.08. The van der Waals surface area contributed by atoms with Gasteiger partial charge in [-0.05, 0) is 10.4 Å². The molecule has 10 heteroatoms. The molecule has 0 radical (unpaired) electrons. The molecule has 0 unspecified atom stereocenters. The lowest BCUT2D eigenvalue weighted by Crippen LogP contribution is -2.12. The summed E-state index contributed by atoms with van der Waals surface area (Å²) in [5.41, 5.74) is -1.27. The summed E-state index contributed by atoms with van der Waals surface area (Å²) in [4.78, 5) is 0. The van der Waals surface area contributed by atoms with Gasteiger partial charge in [-0.25, -0.2) is 22.0 Å². The van der Waals surface area contributed by atoms with E-state index in [1.165, 1.54) is 0 Å². The molecule has 2 rings (SSSR count). The number of aromatic nitrogens is 4. The van der Waals surface area contributed by atoms with Gasteiger partial charge in [-0.2, -0.15) is 4.68 Å². The van der Waals surface area contributed by atoms with Gasteiger partial charge in [0.25, 0.3) is 0 Å². The van der Waals surface area contributed by atoms with Crippen LogP contribution in [0.2, 0.25) is 0 Å². The van der Waals surface area contributed by atoms with Crippen LogP contribution in [0.3, 0.4) is 0 Å². The normalized spacial score (nSPS) is 11.0. The van der Waals surface area contributed by atoms with Gasteiger partial charge in [0.2, 0.25) is 5.82 Å². The molecular formula is C8H2ClF5N4. The third-order valence-electron chi connectivity index (χ3n) is 2.05. The second kappa shape index (κ2) is 4.48. The van der Waals surface area contributed by atoms with Crippen molar-refractivity contribution >= 4 is 11.6 Å². The van der Waals surface area contributed by atoms with Crippen molar-refractivity contribution in [3.8, 4) is 5.69 Å². The highest BCUT2D eigenvalue weighted by molar-refractivity contribution is 6.16. The van der Waals surface area contributed by atoms with Crippen molar-refractivity contribution in [3.63, 3.8) is 0 Å². The fourth-order valence-corrected chi connectivity index (χ4v) is 1.41. The zero-order valence-electron chi connectivity index (χ0n) is 8.26. The summed E-state index contributed by atoms with van der Waals surface area (Å²) in [6.45, 7) is 0. The maximum absolute atomic E-state index is 13.4. The second-order valence-electron chi connectivity index (χ2n) is 3.06. The van der Waals surface area contributed by atoms with E-state index in [4.69, 9.17) is 11.6 Å². The van der Waals surface area contributed by atoms with Crippen LogP contribution in [0.5, 0.6) is 0 Å². The number of hydrogen-bond acceptors (Lipinski definition) is 3. The van der Waals surface area contributed by atoms with Gasteiger partial charge in [-0.1, -0.05) is 0 Å². The molecule has 0 saturated heterocycles. The Balaban J connectivity index is 2.80. The third-order valence-corrected chi connectivity index (χ3v) is 2.29. The predicted molar refractivity (Wildman–Crippen MR) is 48.5 cm³/mol. The topological polar surface area (TPSA) is 43.6 Å². The highest BCUT2D eigenvalue weighted by Gasteiger charge is 2.28. The average Bonchev–Trinajstić information content (AvgIpc) is 2.82. The summed E-state index contributed by atoms with van der Waals surface area (Å²) in [5.74, 6) is -11.1. The van der Waals surface area contributed by atoms with E-state index in [9.17, 15) is 22.0 Å². The van der Waals surface area contributed by atoms with E-state index in [1.807, 2.05) is 0 Å². The van der Waals surface area contributed by atoms with E-state index >= 15 is 0 Å². The predicted octanol–water partition coefficient (Wildman–Crippen LogP) is 2.10. The molecule has 1 aromatic heterocycles. The molecule has 0 spiro atoms. The molecule has 96 valence electrons. The van der Waals surface area contributed by atoms with Crippen LogP contribution in [0.25, 0.3) is 5.69 Å². The van der Waals surface area contributed by atoms with E-state index in [1.54, 1.807) is 0 Å². The molecule has 4 nitrogen and oxygen atoms in total. The minimum absolute atomic E-state index is 0.264. The van der Waals surface area contributed by atoms with Crippen molar-refractivity contribution in [2.75, 3.05) is 0 Å². The monoisotopic (exact) mass is 284 g/mol. The van der Waals surface area contributed by atoms with Crippen molar-refractivity contribution in [1.29, 1.82) is 0 Å². The molecule has 0 aliphatic carbocycles. The molecule has 1 aromatic carbocycles. The highest BCUT2D eigenvalue weighted by Crippen LogP contribution is 2.26. The van der Waals surface area contributed by atoms with E-state index < -0.39 is 34.8 Å². The molecule has 0 aliphatic heterocycles. The van der Waals surface area contributed by atoms with Crippen molar-refractivity contribution in [2.45, 2.75) is 5.88 Å². The Labute approximate surface area is 101 Å². The molecule has 0 aliphatic rings. The van der Waals surface area contributed by atoms with E-state index in [0.717, 1.165) is 0 Å². The number of halogens is 6. The zero-order chi connectivity index (χ0) is 13.4. The van der Waals surface area contributed by atoms with Crippen LogP contribution >= 0.6 is 11.6 Å². The Bertz CT molecular complexity index is 585. The molecular weight excluding hydrogens is 283 g/mol. The van der Waals surface area contributed by atoms with Gasteiger partial charge < -0.3 is 0 Å². The molecule has 0 amide bonds. The molecule has 1 heterocycles. The van der Waals surface area contributed by atoms with Gasteiger partial charge in [0.1, 0.15) is 5.69 Å². The first kappa shape index (κ1) is 12.7. The Morgan fingerprint density at radius 3 is 1.89 bits per heavy atom. The lowest BCUT2D eigenvalue weighted by atomic mass is 10.2. The number of nitrogens with zero attached hydrogens (tertiary/aromatic N) is 4. The van der Waals surface area contributed by atoms with Crippen molar-refractivity contribution in [2.24, 2.45) is 0 Å². The maximum atomic E-state index is 13.4. The molecule has 0 saturated carbocycles.